The summed E-state index contributed by atoms with van der Waals surface area (Å²) >= 11 is 0. The Hall–Kier alpha value is -3.55. The zero-order chi connectivity index (χ0) is 21.6. The molecule has 0 saturated carbocycles. The molecule has 2 amide bonds. The Morgan fingerprint density at radius 1 is 1.13 bits per heavy atom. The SMILES string of the molecule is O=C(NCCc1ccccn1)c1cc(C2CCN(C(=O)c3ccccc3F)CC2)no1. The molecule has 1 saturated heterocycles. The number of amides is 2. The van der Waals surface area contributed by atoms with Gasteiger partial charge in [-0.05, 0) is 37.1 Å². The average molecular weight is 422 g/mol. The second-order valence-corrected chi connectivity index (χ2v) is 7.49. The number of rotatable bonds is 6. The summed E-state index contributed by atoms with van der Waals surface area (Å²) in [6.07, 6.45) is 3.69. The molecule has 3 heterocycles. The molecule has 0 spiro atoms. The van der Waals surface area contributed by atoms with Crippen molar-refractivity contribution in [3.8, 4) is 0 Å². The van der Waals surface area contributed by atoms with Crippen molar-refractivity contribution in [1.82, 2.24) is 20.4 Å². The number of piperidine rings is 1. The van der Waals surface area contributed by atoms with E-state index in [1.165, 1.54) is 12.1 Å². The van der Waals surface area contributed by atoms with Crippen LogP contribution >= 0.6 is 0 Å². The van der Waals surface area contributed by atoms with Crippen molar-refractivity contribution in [2.75, 3.05) is 19.6 Å². The Bertz CT molecular complexity index is 1050. The number of hydrogen-bond acceptors (Lipinski definition) is 5. The van der Waals surface area contributed by atoms with Gasteiger partial charge in [0.15, 0.2) is 0 Å². The number of hydrogen-bond donors (Lipinski definition) is 1. The molecular weight excluding hydrogens is 399 g/mol. The molecule has 31 heavy (non-hydrogen) atoms. The quantitative estimate of drug-likeness (QED) is 0.659. The topological polar surface area (TPSA) is 88.3 Å². The minimum Gasteiger partial charge on any atom is -0.351 e. The summed E-state index contributed by atoms with van der Waals surface area (Å²) in [5.74, 6) is -0.874. The van der Waals surface area contributed by atoms with Crippen LogP contribution in [-0.2, 0) is 6.42 Å². The molecular formula is C23H23FN4O3. The van der Waals surface area contributed by atoms with Gasteiger partial charge in [0.05, 0.1) is 11.3 Å². The van der Waals surface area contributed by atoms with Crippen LogP contribution in [0.3, 0.4) is 0 Å². The second-order valence-electron chi connectivity index (χ2n) is 7.49. The van der Waals surface area contributed by atoms with Gasteiger partial charge in [-0.3, -0.25) is 14.6 Å². The summed E-state index contributed by atoms with van der Waals surface area (Å²) in [4.78, 5) is 30.7. The summed E-state index contributed by atoms with van der Waals surface area (Å²) < 4.78 is 19.1. The number of carbonyl (C=O) groups is 2. The molecule has 4 rings (SSSR count). The molecule has 1 aromatic carbocycles. The van der Waals surface area contributed by atoms with E-state index in [-0.39, 0.29) is 29.1 Å². The first kappa shape index (κ1) is 20.7. The number of nitrogens with zero attached hydrogens (tertiary/aromatic N) is 3. The smallest absolute Gasteiger partial charge is 0.289 e. The third-order valence-corrected chi connectivity index (χ3v) is 5.45. The van der Waals surface area contributed by atoms with E-state index < -0.39 is 5.82 Å². The molecule has 0 aliphatic carbocycles. The fourth-order valence-corrected chi connectivity index (χ4v) is 3.71. The van der Waals surface area contributed by atoms with E-state index in [1.807, 2.05) is 18.2 Å². The number of nitrogens with one attached hydrogen (secondary N) is 1. The summed E-state index contributed by atoms with van der Waals surface area (Å²) in [6.45, 7) is 1.44. The van der Waals surface area contributed by atoms with Crippen LogP contribution in [0, 0.1) is 5.82 Å². The van der Waals surface area contributed by atoms with Gasteiger partial charge in [0, 0.05) is 49.9 Å². The van der Waals surface area contributed by atoms with Gasteiger partial charge in [-0.2, -0.15) is 0 Å². The van der Waals surface area contributed by atoms with Gasteiger partial charge >= 0.3 is 0 Å². The maximum atomic E-state index is 13.9. The Morgan fingerprint density at radius 3 is 2.65 bits per heavy atom. The van der Waals surface area contributed by atoms with Crippen LogP contribution in [0.2, 0.25) is 0 Å². The highest BCUT2D eigenvalue weighted by Gasteiger charge is 2.28. The highest BCUT2D eigenvalue weighted by molar-refractivity contribution is 5.94. The minimum absolute atomic E-state index is 0.0866. The lowest BCUT2D eigenvalue weighted by Crippen LogP contribution is -2.38. The normalized spacial score (nSPS) is 14.4. The van der Waals surface area contributed by atoms with Crippen LogP contribution < -0.4 is 5.32 Å². The van der Waals surface area contributed by atoms with Crippen molar-refractivity contribution in [1.29, 1.82) is 0 Å². The van der Waals surface area contributed by atoms with Crippen molar-refractivity contribution in [2.24, 2.45) is 0 Å². The van der Waals surface area contributed by atoms with Gasteiger partial charge in [-0.15, -0.1) is 0 Å². The van der Waals surface area contributed by atoms with Gasteiger partial charge in [0.1, 0.15) is 5.82 Å². The second kappa shape index (κ2) is 9.51. The number of likely N-dealkylation sites (tertiary alicyclic amines) is 1. The molecule has 1 fully saturated rings. The van der Waals surface area contributed by atoms with E-state index in [1.54, 1.807) is 29.3 Å². The molecule has 0 unspecified atom stereocenters. The van der Waals surface area contributed by atoms with Crippen LogP contribution in [-0.4, -0.2) is 46.5 Å². The lowest BCUT2D eigenvalue weighted by Gasteiger charge is -2.31. The third-order valence-electron chi connectivity index (χ3n) is 5.45. The van der Waals surface area contributed by atoms with E-state index in [2.05, 4.69) is 15.5 Å². The standard InChI is InChI=1S/C23H23FN4O3/c24-19-7-2-1-6-18(19)23(30)28-13-9-16(10-14-28)20-15-21(31-27-20)22(29)26-12-8-17-5-3-4-11-25-17/h1-7,11,15-16H,8-10,12-14H2,(H,26,29). The minimum atomic E-state index is -0.509. The third kappa shape index (κ3) is 4.96. The van der Waals surface area contributed by atoms with Gasteiger partial charge in [0.25, 0.3) is 11.8 Å². The largest absolute Gasteiger partial charge is 0.351 e. The van der Waals surface area contributed by atoms with Crippen LogP contribution in [0.5, 0.6) is 0 Å². The van der Waals surface area contributed by atoms with Gasteiger partial charge in [-0.1, -0.05) is 23.4 Å². The summed E-state index contributed by atoms with van der Waals surface area (Å²) in [7, 11) is 0. The Labute approximate surface area is 179 Å². The zero-order valence-electron chi connectivity index (χ0n) is 17.0. The number of carbonyl (C=O) groups excluding carboxylic acids is 2. The van der Waals surface area contributed by atoms with Crippen molar-refractivity contribution in [3.63, 3.8) is 0 Å². The van der Waals surface area contributed by atoms with E-state index in [0.717, 1.165) is 5.69 Å². The molecule has 0 bridgehead atoms. The Kier molecular flexibility index (Phi) is 6.35. The predicted octanol–water partition coefficient (Wildman–Crippen LogP) is 3.20. The molecule has 8 heteroatoms. The van der Waals surface area contributed by atoms with E-state index in [0.29, 0.717) is 44.6 Å². The van der Waals surface area contributed by atoms with Crippen molar-refractivity contribution in [3.05, 3.63) is 83.3 Å². The van der Waals surface area contributed by atoms with Crippen LogP contribution in [0.15, 0.2) is 59.3 Å². The zero-order valence-corrected chi connectivity index (χ0v) is 17.0. The lowest BCUT2D eigenvalue weighted by molar-refractivity contribution is 0.0706. The molecule has 2 aromatic heterocycles. The van der Waals surface area contributed by atoms with Crippen LogP contribution in [0.1, 0.15) is 51.1 Å². The highest BCUT2D eigenvalue weighted by Crippen LogP contribution is 2.28. The van der Waals surface area contributed by atoms with Gasteiger partial charge in [0.2, 0.25) is 5.76 Å². The summed E-state index contributed by atoms with van der Waals surface area (Å²) in [6, 6.07) is 13.3. The first-order valence-corrected chi connectivity index (χ1v) is 10.3. The first-order valence-electron chi connectivity index (χ1n) is 10.3. The molecule has 7 nitrogen and oxygen atoms in total. The first-order chi connectivity index (χ1) is 15.1. The molecule has 3 aromatic rings. The Balaban J connectivity index is 1.28. The van der Waals surface area contributed by atoms with E-state index in [9.17, 15) is 14.0 Å². The maximum absolute atomic E-state index is 13.9. The molecule has 0 atom stereocenters. The number of benzene rings is 1. The monoisotopic (exact) mass is 422 g/mol. The van der Waals surface area contributed by atoms with Crippen molar-refractivity contribution >= 4 is 11.8 Å². The fraction of sp³-hybridized carbons (Fsp3) is 0.304. The van der Waals surface area contributed by atoms with E-state index >= 15 is 0 Å². The average Bonchev–Trinajstić information content (AvgIpc) is 3.30. The van der Waals surface area contributed by atoms with Crippen LogP contribution in [0.25, 0.3) is 0 Å². The highest BCUT2D eigenvalue weighted by atomic mass is 19.1. The number of halogens is 1. The van der Waals surface area contributed by atoms with Gasteiger partial charge in [-0.25, -0.2) is 4.39 Å². The van der Waals surface area contributed by atoms with Gasteiger partial charge < -0.3 is 14.7 Å². The number of pyridine rings is 1. The molecule has 1 N–H and O–H groups in total. The Morgan fingerprint density at radius 2 is 1.90 bits per heavy atom. The van der Waals surface area contributed by atoms with Crippen molar-refractivity contribution < 1.29 is 18.5 Å². The lowest BCUT2D eigenvalue weighted by atomic mass is 9.93. The summed E-state index contributed by atoms with van der Waals surface area (Å²) in [5, 5.41) is 6.87. The molecule has 1 aliphatic rings. The molecule has 0 radical (unpaired) electrons. The van der Waals surface area contributed by atoms with Crippen LogP contribution in [0.4, 0.5) is 4.39 Å². The van der Waals surface area contributed by atoms with E-state index in [4.69, 9.17) is 4.52 Å². The summed E-state index contributed by atoms with van der Waals surface area (Å²) in [5.41, 5.74) is 1.69. The molecule has 160 valence electrons. The molecule has 1 aliphatic heterocycles. The predicted molar refractivity (Wildman–Crippen MR) is 111 cm³/mol. The maximum Gasteiger partial charge on any atom is 0.289 e. The number of aromatic nitrogens is 2. The van der Waals surface area contributed by atoms with Crippen molar-refractivity contribution in [2.45, 2.75) is 25.2 Å². The fourth-order valence-electron chi connectivity index (χ4n) is 3.71.